The summed E-state index contributed by atoms with van der Waals surface area (Å²) < 4.78 is 10.5. The van der Waals surface area contributed by atoms with Gasteiger partial charge in [-0.1, -0.05) is 36.4 Å². The van der Waals surface area contributed by atoms with Crippen molar-refractivity contribution in [1.82, 2.24) is 10.6 Å². The van der Waals surface area contributed by atoms with E-state index < -0.39 is 17.7 Å². The normalized spacial score (nSPS) is 12.1. The predicted octanol–water partition coefficient (Wildman–Crippen LogP) is 2.40. The molecule has 1 aromatic rings. The van der Waals surface area contributed by atoms with Crippen molar-refractivity contribution < 1.29 is 19.1 Å². The van der Waals surface area contributed by atoms with E-state index in [9.17, 15) is 9.59 Å². The quantitative estimate of drug-likeness (QED) is 0.565. The van der Waals surface area contributed by atoms with Crippen LogP contribution in [0.2, 0.25) is 0 Å². The maximum absolute atomic E-state index is 12.3. The third-order valence-corrected chi connectivity index (χ3v) is 2.84. The van der Waals surface area contributed by atoms with E-state index in [4.69, 9.17) is 9.47 Å². The Morgan fingerprint density at radius 2 is 1.92 bits per heavy atom. The van der Waals surface area contributed by atoms with Gasteiger partial charge in [-0.05, 0) is 26.3 Å². The van der Waals surface area contributed by atoms with Gasteiger partial charge in [-0.2, -0.15) is 0 Å². The van der Waals surface area contributed by atoms with E-state index in [2.05, 4.69) is 17.2 Å². The molecule has 6 heteroatoms. The van der Waals surface area contributed by atoms with Gasteiger partial charge in [0.25, 0.3) is 0 Å². The Morgan fingerprint density at radius 3 is 2.50 bits per heavy atom. The number of amides is 2. The van der Waals surface area contributed by atoms with Gasteiger partial charge in [0, 0.05) is 6.54 Å². The molecule has 0 aliphatic carbocycles. The first-order chi connectivity index (χ1) is 11.3. The van der Waals surface area contributed by atoms with Gasteiger partial charge in [0.1, 0.15) is 11.6 Å². The van der Waals surface area contributed by atoms with Crippen molar-refractivity contribution in [3.63, 3.8) is 0 Å². The second-order valence-electron chi connectivity index (χ2n) is 6.23. The van der Waals surface area contributed by atoms with Gasteiger partial charge in [-0.25, -0.2) is 4.79 Å². The molecule has 0 fully saturated rings. The number of hydrogen-bond acceptors (Lipinski definition) is 4. The first-order valence-corrected chi connectivity index (χ1v) is 7.81. The number of hydrogen-bond donors (Lipinski definition) is 2. The van der Waals surface area contributed by atoms with Crippen molar-refractivity contribution in [1.29, 1.82) is 0 Å². The van der Waals surface area contributed by atoms with E-state index in [1.165, 1.54) is 0 Å². The highest BCUT2D eigenvalue weighted by atomic mass is 16.6. The molecule has 0 saturated heterocycles. The molecule has 132 valence electrons. The molecular formula is C18H26N2O4. The molecule has 2 amide bonds. The average Bonchev–Trinajstić information content (AvgIpc) is 2.51. The Labute approximate surface area is 143 Å². The summed E-state index contributed by atoms with van der Waals surface area (Å²) in [5, 5.41) is 5.32. The smallest absolute Gasteiger partial charge is 0.408 e. The first-order valence-electron chi connectivity index (χ1n) is 7.81. The van der Waals surface area contributed by atoms with Crippen molar-refractivity contribution in [3.8, 4) is 0 Å². The molecule has 24 heavy (non-hydrogen) atoms. The molecular weight excluding hydrogens is 308 g/mol. The van der Waals surface area contributed by atoms with Gasteiger partial charge < -0.3 is 20.1 Å². The lowest BCUT2D eigenvalue weighted by Crippen LogP contribution is -2.50. The Kier molecular flexibility index (Phi) is 7.98. The SMILES string of the molecule is C=CCOCC(NC(=O)OC(C)(C)C)C(=O)NCc1ccccc1. The minimum absolute atomic E-state index is 0.0336. The summed E-state index contributed by atoms with van der Waals surface area (Å²) in [6, 6.07) is 8.66. The lowest BCUT2D eigenvalue weighted by Gasteiger charge is -2.23. The summed E-state index contributed by atoms with van der Waals surface area (Å²) in [6.45, 7) is 9.51. The minimum Gasteiger partial charge on any atom is -0.444 e. The fourth-order valence-electron chi connectivity index (χ4n) is 1.81. The van der Waals surface area contributed by atoms with Gasteiger partial charge in [-0.15, -0.1) is 6.58 Å². The monoisotopic (exact) mass is 334 g/mol. The van der Waals surface area contributed by atoms with Crippen molar-refractivity contribution in [3.05, 3.63) is 48.6 Å². The topological polar surface area (TPSA) is 76.7 Å². The van der Waals surface area contributed by atoms with Crippen LogP contribution in [0, 0.1) is 0 Å². The summed E-state index contributed by atoms with van der Waals surface area (Å²) in [4.78, 5) is 24.2. The van der Waals surface area contributed by atoms with Crippen LogP contribution in [0.3, 0.4) is 0 Å². The van der Waals surface area contributed by atoms with Crippen LogP contribution >= 0.6 is 0 Å². The van der Waals surface area contributed by atoms with Gasteiger partial charge in [0.15, 0.2) is 0 Å². The molecule has 1 atom stereocenters. The van der Waals surface area contributed by atoms with Crippen molar-refractivity contribution in [2.45, 2.75) is 39.0 Å². The molecule has 0 saturated carbocycles. The largest absolute Gasteiger partial charge is 0.444 e. The number of benzene rings is 1. The average molecular weight is 334 g/mol. The molecule has 0 radical (unpaired) electrons. The summed E-state index contributed by atoms with van der Waals surface area (Å²) in [5.41, 5.74) is 0.325. The first kappa shape index (κ1) is 19.7. The van der Waals surface area contributed by atoms with Gasteiger partial charge in [0.2, 0.25) is 5.91 Å². The van der Waals surface area contributed by atoms with Gasteiger partial charge in [-0.3, -0.25) is 4.79 Å². The zero-order valence-corrected chi connectivity index (χ0v) is 14.5. The molecule has 1 rings (SSSR count). The highest BCUT2D eigenvalue weighted by Crippen LogP contribution is 2.07. The van der Waals surface area contributed by atoms with E-state index >= 15 is 0 Å². The molecule has 0 aliphatic heterocycles. The number of carbonyl (C=O) groups excluding carboxylic acids is 2. The lowest BCUT2D eigenvalue weighted by molar-refractivity contribution is -0.124. The third-order valence-electron chi connectivity index (χ3n) is 2.84. The molecule has 6 nitrogen and oxygen atoms in total. The molecule has 2 N–H and O–H groups in total. The zero-order valence-electron chi connectivity index (χ0n) is 14.5. The number of nitrogens with one attached hydrogen (secondary N) is 2. The highest BCUT2D eigenvalue weighted by molar-refractivity contribution is 5.85. The number of carbonyl (C=O) groups is 2. The standard InChI is InChI=1S/C18H26N2O4/c1-5-11-23-13-15(20-17(22)24-18(2,3)4)16(21)19-12-14-9-7-6-8-10-14/h5-10,15H,1,11-13H2,2-4H3,(H,19,21)(H,20,22). The maximum Gasteiger partial charge on any atom is 0.408 e. The minimum atomic E-state index is -0.844. The van der Waals surface area contributed by atoms with Crippen molar-refractivity contribution in [2.75, 3.05) is 13.2 Å². The van der Waals surface area contributed by atoms with Crippen LogP contribution in [0.15, 0.2) is 43.0 Å². The summed E-state index contributed by atoms with van der Waals surface area (Å²) in [5.74, 6) is -0.339. The number of rotatable bonds is 8. The number of alkyl carbamates (subject to hydrolysis) is 1. The predicted molar refractivity (Wildman–Crippen MR) is 92.5 cm³/mol. The van der Waals surface area contributed by atoms with Crippen LogP contribution in [0.1, 0.15) is 26.3 Å². The number of ether oxygens (including phenoxy) is 2. The van der Waals surface area contributed by atoms with Crippen LogP contribution in [0.4, 0.5) is 4.79 Å². The second kappa shape index (κ2) is 9.72. The summed E-state index contributed by atoms with van der Waals surface area (Å²) in [6.07, 6.45) is 0.913. The van der Waals surface area contributed by atoms with Crippen LogP contribution in [0.25, 0.3) is 0 Å². The molecule has 1 aromatic carbocycles. The molecule has 0 aliphatic rings. The van der Waals surface area contributed by atoms with Gasteiger partial charge in [0.05, 0.1) is 13.2 Å². The van der Waals surface area contributed by atoms with Crippen LogP contribution in [0.5, 0.6) is 0 Å². The molecule has 1 unspecified atom stereocenters. The molecule has 0 bridgehead atoms. The summed E-state index contributed by atoms with van der Waals surface area (Å²) in [7, 11) is 0. The fourth-order valence-corrected chi connectivity index (χ4v) is 1.81. The van der Waals surface area contributed by atoms with Crippen LogP contribution in [-0.4, -0.2) is 36.9 Å². The van der Waals surface area contributed by atoms with E-state index in [0.29, 0.717) is 13.2 Å². The molecule has 0 heterocycles. The Bertz CT molecular complexity index is 538. The van der Waals surface area contributed by atoms with Crippen LogP contribution in [-0.2, 0) is 20.8 Å². The lowest BCUT2D eigenvalue weighted by atomic mass is 10.2. The fraction of sp³-hybridized carbons (Fsp3) is 0.444. The Hall–Kier alpha value is -2.34. The highest BCUT2D eigenvalue weighted by Gasteiger charge is 2.24. The maximum atomic E-state index is 12.3. The third kappa shape index (κ3) is 8.33. The van der Waals surface area contributed by atoms with Gasteiger partial charge >= 0.3 is 6.09 Å². The molecule has 0 spiro atoms. The molecule has 0 aromatic heterocycles. The van der Waals surface area contributed by atoms with E-state index in [0.717, 1.165) is 5.56 Å². The van der Waals surface area contributed by atoms with E-state index in [1.807, 2.05) is 30.3 Å². The van der Waals surface area contributed by atoms with Crippen molar-refractivity contribution >= 4 is 12.0 Å². The Balaban J connectivity index is 2.60. The van der Waals surface area contributed by atoms with E-state index in [1.54, 1.807) is 26.8 Å². The van der Waals surface area contributed by atoms with Crippen molar-refractivity contribution in [2.24, 2.45) is 0 Å². The zero-order chi connectivity index (χ0) is 18.0. The summed E-state index contributed by atoms with van der Waals surface area (Å²) >= 11 is 0. The second-order valence-corrected chi connectivity index (χ2v) is 6.23. The van der Waals surface area contributed by atoms with E-state index in [-0.39, 0.29) is 12.5 Å². The Morgan fingerprint density at radius 1 is 1.25 bits per heavy atom. The van der Waals surface area contributed by atoms with Crippen LogP contribution < -0.4 is 10.6 Å².